The van der Waals surface area contributed by atoms with Gasteiger partial charge in [0.25, 0.3) is 5.56 Å². The van der Waals surface area contributed by atoms with Gasteiger partial charge in [-0.3, -0.25) is 14.3 Å². The van der Waals surface area contributed by atoms with Crippen LogP contribution in [0.4, 0.5) is 5.69 Å². The number of hydrogen-bond acceptors (Lipinski definition) is 3. The van der Waals surface area contributed by atoms with Crippen LogP contribution in [-0.4, -0.2) is 9.55 Å². The molecule has 0 aliphatic heterocycles. The third-order valence-corrected chi connectivity index (χ3v) is 2.32. The first-order chi connectivity index (χ1) is 7.59. The number of H-pyrrole nitrogens is 1. The number of anilines is 1. The maximum Gasteiger partial charge on any atom is 0.332 e. The van der Waals surface area contributed by atoms with Crippen LogP contribution in [0, 0.1) is 6.92 Å². The normalized spacial score (nSPS) is 10.3. The zero-order valence-electron chi connectivity index (χ0n) is 8.73. The molecule has 1 aromatic carbocycles. The van der Waals surface area contributed by atoms with Crippen molar-refractivity contribution in [2.75, 3.05) is 5.73 Å². The smallest absolute Gasteiger partial charge is 0.332 e. The quantitative estimate of drug-likeness (QED) is 0.679. The van der Waals surface area contributed by atoms with Gasteiger partial charge in [0.1, 0.15) is 0 Å². The number of nitrogen functional groups attached to an aromatic ring is 1. The standard InChI is InChI=1S/C11H11N3O2/c1-7-6-14(11(16)13-10(7)15)9-5-3-2-4-8(9)12/h2-6H,12H2,1H3,(H,13,15,16). The fourth-order valence-electron chi connectivity index (χ4n) is 1.45. The van der Waals surface area contributed by atoms with Crippen molar-refractivity contribution in [2.24, 2.45) is 0 Å². The molecule has 2 aromatic rings. The fraction of sp³-hybridized carbons (Fsp3) is 0.0909. The third-order valence-electron chi connectivity index (χ3n) is 2.32. The van der Waals surface area contributed by atoms with Gasteiger partial charge in [-0.25, -0.2) is 4.79 Å². The average molecular weight is 217 g/mol. The zero-order valence-corrected chi connectivity index (χ0v) is 8.73. The summed E-state index contributed by atoms with van der Waals surface area (Å²) in [6, 6.07) is 6.97. The molecule has 0 aliphatic rings. The molecule has 3 N–H and O–H groups in total. The number of aromatic amines is 1. The van der Waals surface area contributed by atoms with E-state index >= 15 is 0 Å². The molecule has 5 heteroatoms. The maximum atomic E-state index is 11.6. The number of nitrogens with zero attached hydrogens (tertiary/aromatic N) is 1. The largest absolute Gasteiger partial charge is 0.397 e. The number of nitrogens with two attached hydrogens (primary N) is 1. The summed E-state index contributed by atoms with van der Waals surface area (Å²) in [5.41, 5.74) is 6.39. The Balaban J connectivity index is 2.75. The van der Waals surface area contributed by atoms with Gasteiger partial charge in [0.05, 0.1) is 11.4 Å². The van der Waals surface area contributed by atoms with Crippen molar-refractivity contribution in [3.05, 3.63) is 56.9 Å². The van der Waals surface area contributed by atoms with Gasteiger partial charge in [-0.2, -0.15) is 0 Å². The number of benzene rings is 1. The highest BCUT2D eigenvalue weighted by Crippen LogP contribution is 2.13. The molecule has 0 bridgehead atoms. The van der Waals surface area contributed by atoms with Crippen molar-refractivity contribution in [3.8, 4) is 5.69 Å². The Labute approximate surface area is 91.2 Å². The molecule has 0 saturated heterocycles. The van der Waals surface area contributed by atoms with E-state index in [1.807, 2.05) is 0 Å². The highest BCUT2D eigenvalue weighted by molar-refractivity contribution is 5.57. The van der Waals surface area contributed by atoms with Gasteiger partial charge in [0.15, 0.2) is 0 Å². The Morgan fingerprint density at radius 1 is 1.25 bits per heavy atom. The Bertz CT molecular complexity index is 640. The molecule has 0 fully saturated rings. The van der Waals surface area contributed by atoms with E-state index in [0.29, 0.717) is 16.9 Å². The summed E-state index contributed by atoms with van der Waals surface area (Å²) in [5, 5.41) is 0. The van der Waals surface area contributed by atoms with Gasteiger partial charge in [0.2, 0.25) is 0 Å². The Morgan fingerprint density at radius 2 is 1.94 bits per heavy atom. The van der Waals surface area contributed by atoms with Crippen molar-refractivity contribution in [3.63, 3.8) is 0 Å². The van der Waals surface area contributed by atoms with E-state index in [4.69, 9.17) is 5.73 Å². The van der Waals surface area contributed by atoms with Gasteiger partial charge in [-0.1, -0.05) is 12.1 Å². The molecule has 1 aromatic heterocycles. The van der Waals surface area contributed by atoms with E-state index in [9.17, 15) is 9.59 Å². The first kappa shape index (κ1) is 10.2. The molecule has 0 unspecified atom stereocenters. The van der Waals surface area contributed by atoms with Gasteiger partial charge in [-0.05, 0) is 19.1 Å². The summed E-state index contributed by atoms with van der Waals surface area (Å²) in [5.74, 6) is 0. The number of aromatic nitrogens is 2. The summed E-state index contributed by atoms with van der Waals surface area (Å²) in [4.78, 5) is 25.0. The van der Waals surface area contributed by atoms with Crippen LogP contribution in [0.3, 0.4) is 0 Å². The van der Waals surface area contributed by atoms with Crippen molar-refractivity contribution in [1.82, 2.24) is 9.55 Å². The van der Waals surface area contributed by atoms with Crippen molar-refractivity contribution in [1.29, 1.82) is 0 Å². The van der Waals surface area contributed by atoms with Crippen LogP contribution in [0.1, 0.15) is 5.56 Å². The summed E-state index contributed by atoms with van der Waals surface area (Å²) < 4.78 is 1.33. The van der Waals surface area contributed by atoms with E-state index in [0.717, 1.165) is 0 Å². The topological polar surface area (TPSA) is 80.9 Å². The molecule has 16 heavy (non-hydrogen) atoms. The molecular formula is C11H11N3O2. The monoisotopic (exact) mass is 217 g/mol. The average Bonchev–Trinajstić information content (AvgIpc) is 2.25. The number of hydrogen-bond donors (Lipinski definition) is 2. The SMILES string of the molecule is Cc1cn(-c2ccccc2N)c(=O)[nH]c1=O. The minimum Gasteiger partial charge on any atom is -0.397 e. The van der Waals surface area contributed by atoms with Gasteiger partial charge >= 0.3 is 5.69 Å². The molecule has 0 aliphatic carbocycles. The molecule has 5 nitrogen and oxygen atoms in total. The van der Waals surface area contributed by atoms with Crippen molar-refractivity contribution < 1.29 is 0 Å². The van der Waals surface area contributed by atoms with Crippen LogP contribution >= 0.6 is 0 Å². The first-order valence-corrected chi connectivity index (χ1v) is 4.77. The first-order valence-electron chi connectivity index (χ1n) is 4.77. The van der Waals surface area contributed by atoms with Crippen LogP contribution in [0.5, 0.6) is 0 Å². The maximum absolute atomic E-state index is 11.6. The highest BCUT2D eigenvalue weighted by Gasteiger charge is 2.05. The van der Waals surface area contributed by atoms with E-state index < -0.39 is 5.69 Å². The van der Waals surface area contributed by atoms with Crippen LogP contribution in [0.2, 0.25) is 0 Å². The van der Waals surface area contributed by atoms with Crippen LogP contribution in [0.15, 0.2) is 40.1 Å². The lowest BCUT2D eigenvalue weighted by Crippen LogP contribution is -2.30. The van der Waals surface area contributed by atoms with Crippen LogP contribution < -0.4 is 17.0 Å². The number of rotatable bonds is 1. The molecule has 1 heterocycles. The van der Waals surface area contributed by atoms with E-state index in [1.165, 1.54) is 10.8 Å². The summed E-state index contributed by atoms with van der Waals surface area (Å²) in [6.07, 6.45) is 1.48. The number of nitrogens with one attached hydrogen (secondary N) is 1. The zero-order chi connectivity index (χ0) is 11.7. The Morgan fingerprint density at radius 3 is 2.62 bits per heavy atom. The van der Waals surface area contributed by atoms with Gasteiger partial charge in [0, 0.05) is 11.8 Å². The van der Waals surface area contributed by atoms with Crippen molar-refractivity contribution >= 4 is 5.69 Å². The van der Waals surface area contributed by atoms with E-state index in [-0.39, 0.29) is 5.56 Å². The summed E-state index contributed by atoms with van der Waals surface area (Å²) >= 11 is 0. The molecule has 0 atom stereocenters. The van der Waals surface area contributed by atoms with Gasteiger partial charge in [-0.15, -0.1) is 0 Å². The second-order valence-corrected chi connectivity index (χ2v) is 3.50. The molecule has 82 valence electrons. The second-order valence-electron chi connectivity index (χ2n) is 3.50. The van der Waals surface area contributed by atoms with E-state index in [1.54, 1.807) is 31.2 Å². The van der Waals surface area contributed by atoms with Crippen LogP contribution in [0.25, 0.3) is 5.69 Å². The molecule has 0 saturated carbocycles. The lowest BCUT2D eigenvalue weighted by atomic mass is 10.2. The molecular weight excluding hydrogens is 206 g/mol. The Hall–Kier alpha value is -2.30. The fourth-order valence-corrected chi connectivity index (χ4v) is 1.45. The minimum atomic E-state index is -0.492. The lowest BCUT2D eigenvalue weighted by molar-refractivity contribution is 0.881. The number of aryl methyl sites for hydroxylation is 1. The van der Waals surface area contributed by atoms with E-state index in [2.05, 4.69) is 4.98 Å². The molecule has 2 rings (SSSR count). The van der Waals surface area contributed by atoms with Crippen molar-refractivity contribution in [2.45, 2.75) is 6.92 Å². The predicted molar refractivity (Wildman–Crippen MR) is 61.8 cm³/mol. The second kappa shape index (κ2) is 3.69. The molecule has 0 radical (unpaired) electrons. The summed E-state index contributed by atoms with van der Waals surface area (Å²) in [7, 11) is 0. The Kier molecular flexibility index (Phi) is 2.36. The summed E-state index contributed by atoms with van der Waals surface area (Å²) in [6.45, 7) is 1.63. The minimum absolute atomic E-state index is 0.379. The third kappa shape index (κ3) is 1.63. The van der Waals surface area contributed by atoms with Gasteiger partial charge < -0.3 is 5.73 Å². The molecule has 0 amide bonds. The lowest BCUT2D eigenvalue weighted by Gasteiger charge is -2.08. The molecule has 0 spiro atoms. The van der Waals surface area contributed by atoms with Crippen LogP contribution in [-0.2, 0) is 0 Å². The predicted octanol–water partition coefficient (Wildman–Crippen LogP) is 0.416. The number of para-hydroxylation sites is 2. The highest BCUT2D eigenvalue weighted by atomic mass is 16.2.